The SMILES string of the molecule is CCN1CCC[C@H]1CN(Cc1cccnc1)Cc1ccc(OC)c(OC)c1. The largest absolute Gasteiger partial charge is 0.493 e. The number of ether oxygens (including phenoxy) is 2. The zero-order valence-electron chi connectivity index (χ0n) is 16.7. The number of benzene rings is 1. The van der Waals surface area contributed by atoms with E-state index in [1.165, 1.54) is 30.5 Å². The van der Waals surface area contributed by atoms with E-state index in [2.05, 4.69) is 39.9 Å². The second kappa shape index (κ2) is 9.72. The van der Waals surface area contributed by atoms with Gasteiger partial charge in [0.15, 0.2) is 11.5 Å². The number of methoxy groups -OCH3 is 2. The highest BCUT2D eigenvalue weighted by Crippen LogP contribution is 2.28. The van der Waals surface area contributed by atoms with E-state index in [9.17, 15) is 0 Å². The van der Waals surface area contributed by atoms with Crippen LogP contribution < -0.4 is 9.47 Å². The fourth-order valence-corrected chi connectivity index (χ4v) is 3.99. The number of aromatic nitrogens is 1. The van der Waals surface area contributed by atoms with Crippen molar-refractivity contribution in [1.82, 2.24) is 14.8 Å². The van der Waals surface area contributed by atoms with E-state index in [0.29, 0.717) is 6.04 Å². The van der Waals surface area contributed by atoms with Crippen LogP contribution in [0.5, 0.6) is 11.5 Å². The molecule has 3 rings (SSSR count). The van der Waals surface area contributed by atoms with Crippen molar-refractivity contribution in [3.63, 3.8) is 0 Å². The smallest absolute Gasteiger partial charge is 0.161 e. The van der Waals surface area contributed by atoms with Gasteiger partial charge >= 0.3 is 0 Å². The van der Waals surface area contributed by atoms with Crippen LogP contribution >= 0.6 is 0 Å². The molecule has 0 radical (unpaired) electrons. The van der Waals surface area contributed by atoms with Crippen LogP contribution in [0.3, 0.4) is 0 Å². The predicted molar refractivity (Wildman–Crippen MR) is 108 cm³/mol. The molecular weight excluding hydrogens is 338 g/mol. The lowest BCUT2D eigenvalue weighted by atomic mass is 10.1. The minimum Gasteiger partial charge on any atom is -0.493 e. The first-order chi connectivity index (χ1) is 13.2. The van der Waals surface area contributed by atoms with Crippen LogP contribution in [-0.2, 0) is 13.1 Å². The van der Waals surface area contributed by atoms with Crippen molar-refractivity contribution in [2.75, 3.05) is 33.9 Å². The molecule has 5 nitrogen and oxygen atoms in total. The van der Waals surface area contributed by atoms with Crippen LogP contribution in [0.25, 0.3) is 0 Å². The van der Waals surface area contributed by atoms with Crippen molar-refractivity contribution in [3.05, 3.63) is 53.9 Å². The van der Waals surface area contributed by atoms with Crippen LogP contribution in [0.2, 0.25) is 0 Å². The van der Waals surface area contributed by atoms with Crippen molar-refractivity contribution < 1.29 is 9.47 Å². The quantitative estimate of drug-likeness (QED) is 0.675. The number of likely N-dealkylation sites (N-methyl/N-ethyl adjacent to an activating group) is 1. The lowest BCUT2D eigenvalue weighted by molar-refractivity contribution is 0.166. The van der Waals surface area contributed by atoms with Gasteiger partial charge in [-0.15, -0.1) is 0 Å². The molecule has 0 saturated carbocycles. The van der Waals surface area contributed by atoms with E-state index in [1.54, 1.807) is 14.2 Å². The first-order valence-corrected chi connectivity index (χ1v) is 9.79. The summed E-state index contributed by atoms with van der Waals surface area (Å²) in [4.78, 5) is 9.41. The molecule has 1 fully saturated rings. The maximum atomic E-state index is 5.48. The highest BCUT2D eigenvalue weighted by Gasteiger charge is 2.25. The van der Waals surface area contributed by atoms with Gasteiger partial charge in [0, 0.05) is 38.1 Å². The van der Waals surface area contributed by atoms with Gasteiger partial charge in [0.2, 0.25) is 0 Å². The van der Waals surface area contributed by atoms with E-state index in [-0.39, 0.29) is 0 Å². The third-order valence-corrected chi connectivity index (χ3v) is 5.36. The summed E-state index contributed by atoms with van der Waals surface area (Å²) in [5.41, 5.74) is 2.48. The van der Waals surface area contributed by atoms with Gasteiger partial charge in [0.1, 0.15) is 0 Å². The number of pyridine rings is 1. The van der Waals surface area contributed by atoms with Gasteiger partial charge in [0.05, 0.1) is 14.2 Å². The van der Waals surface area contributed by atoms with Crippen molar-refractivity contribution in [2.24, 2.45) is 0 Å². The Morgan fingerprint density at radius 1 is 1.11 bits per heavy atom. The van der Waals surface area contributed by atoms with Gasteiger partial charge in [-0.05, 0) is 55.3 Å². The van der Waals surface area contributed by atoms with Crippen LogP contribution in [0.15, 0.2) is 42.7 Å². The Morgan fingerprint density at radius 2 is 1.93 bits per heavy atom. The summed E-state index contributed by atoms with van der Waals surface area (Å²) in [6, 6.07) is 11.0. The normalized spacial score (nSPS) is 17.4. The molecule has 0 N–H and O–H groups in total. The maximum absolute atomic E-state index is 5.48. The second-order valence-corrected chi connectivity index (χ2v) is 7.14. The van der Waals surface area contributed by atoms with Crippen LogP contribution in [-0.4, -0.2) is 54.7 Å². The number of rotatable bonds is 9. The standard InChI is InChI=1S/C22H31N3O2/c1-4-25-12-6-8-20(25)17-24(16-19-7-5-11-23-14-19)15-18-9-10-21(26-2)22(13-18)27-3/h5,7,9-11,13-14,20H,4,6,8,12,15-17H2,1-3H3/t20-/m0/s1. The Kier molecular flexibility index (Phi) is 7.07. The molecule has 1 aliphatic heterocycles. The lowest BCUT2D eigenvalue weighted by Gasteiger charge is -2.30. The average Bonchev–Trinajstić information content (AvgIpc) is 3.15. The topological polar surface area (TPSA) is 37.8 Å². The summed E-state index contributed by atoms with van der Waals surface area (Å²) in [5, 5.41) is 0. The zero-order chi connectivity index (χ0) is 19.1. The first-order valence-electron chi connectivity index (χ1n) is 9.79. The molecular formula is C22H31N3O2. The fraction of sp³-hybridized carbons (Fsp3) is 0.500. The van der Waals surface area contributed by atoms with E-state index in [4.69, 9.17) is 9.47 Å². The Morgan fingerprint density at radius 3 is 2.63 bits per heavy atom. The van der Waals surface area contributed by atoms with Gasteiger partial charge in [-0.3, -0.25) is 14.8 Å². The highest BCUT2D eigenvalue weighted by atomic mass is 16.5. The Hall–Kier alpha value is -2.11. The molecule has 2 heterocycles. The second-order valence-electron chi connectivity index (χ2n) is 7.14. The zero-order valence-corrected chi connectivity index (χ0v) is 16.7. The molecule has 0 unspecified atom stereocenters. The molecule has 2 aromatic rings. The molecule has 1 atom stereocenters. The minimum atomic E-state index is 0.631. The summed E-state index contributed by atoms with van der Waals surface area (Å²) in [7, 11) is 3.36. The first kappa shape index (κ1) is 19.6. The van der Waals surface area contributed by atoms with E-state index < -0.39 is 0 Å². The Bertz CT molecular complexity index is 708. The van der Waals surface area contributed by atoms with Gasteiger partial charge in [-0.2, -0.15) is 0 Å². The number of likely N-dealkylation sites (tertiary alicyclic amines) is 1. The van der Waals surface area contributed by atoms with Gasteiger partial charge in [-0.25, -0.2) is 0 Å². The summed E-state index contributed by atoms with van der Waals surface area (Å²) >= 11 is 0. The summed E-state index contributed by atoms with van der Waals surface area (Å²) < 4.78 is 10.9. The Labute approximate surface area is 162 Å². The van der Waals surface area contributed by atoms with Gasteiger partial charge in [-0.1, -0.05) is 19.1 Å². The summed E-state index contributed by atoms with van der Waals surface area (Å²) in [6.45, 7) is 7.45. The van der Waals surface area contributed by atoms with Crippen molar-refractivity contribution in [2.45, 2.75) is 38.9 Å². The van der Waals surface area contributed by atoms with Crippen LogP contribution in [0.1, 0.15) is 30.9 Å². The number of hydrogen-bond donors (Lipinski definition) is 0. The van der Waals surface area contributed by atoms with Crippen LogP contribution in [0, 0.1) is 0 Å². The third-order valence-electron chi connectivity index (χ3n) is 5.36. The van der Waals surface area contributed by atoms with Gasteiger partial charge in [0.25, 0.3) is 0 Å². The summed E-state index contributed by atoms with van der Waals surface area (Å²) in [6.07, 6.45) is 6.38. The molecule has 1 aliphatic rings. The third kappa shape index (κ3) is 5.21. The van der Waals surface area contributed by atoms with Crippen molar-refractivity contribution >= 4 is 0 Å². The number of hydrogen-bond acceptors (Lipinski definition) is 5. The summed E-state index contributed by atoms with van der Waals surface area (Å²) in [5.74, 6) is 1.56. The molecule has 27 heavy (non-hydrogen) atoms. The predicted octanol–water partition coefficient (Wildman–Crippen LogP) is 3.59. The number of nitrogens with zero attached hydrogens (tertiary/aromatic N) is 3. The van der Waals surface area contributed by atoms with E-state index >= 15 is 0 Å². The van der Waals surface area contributed by atoms with Gasteiger partial charge < -0.3 is 9.47 Å². The maximum Gasteiger partial charge on any atom is 0.161 e. The van der Waals surface area contributed by atoms with E-state index in [1.807, 2.05) is 24.5 Å². The molecule has 0 amide bonds. The monoisotopic (exact) mass is 369 g/mol. The van der Waals surface area contributed by atoms with E-state index in [0.717, 1.165) is 37.7 Å². The van der Waals surface area contributed by atoms with Crippen molar-refractivity contribution in [3.8, 4) is 11.5 Å². The molecule has 1 aromatic heterocycles. The average molecular weight is 370 g/mol. The van der Waals surface area contributed by atoms with Crippen molar-refractivity contribution in [1.29, 1.82) is 0 Å². The molecule has 1 saturated heterocycles. The minimum absolute atomic E-state index is 0.631. The molecule has 0 aliphatic carbocycles. The molecule has 1 aromatic carbocycles. The molecule has 0 spiro atoms. The highest BCUT2D eigenvalue weighted by molar-refractivity contribution is 5.42. The lowest BCUT2D eigenvalue weighted by Crippen LogP contribution is -2.39. The fourth-order valence-electron chi connectivity index (χ4n) is 3.99. The molecule has 146 valence electrons. The van der Waals surface area contributed by atoms with Crippen LogP contribution in [0.4, 0.5) is 0 Å². The Balaban J connectivity index is 1.76. The molecule has 0 bridgehead atoms. The molecule has 5 heteroatoms.